The van der Waals surface area contributed by atoms with E-state index in [2.05, 4.69) is 15.3 Å². The number of thioether (sulfide) groups is 1. The molecular weight excluding hydrogens is 382 g/mol. The van der Waals surface area contributed by atoms with Crippen LogP contribution in [-0.2, 0) is 10.5 Å². The number of benzene rings is 1. The van der Waals surface area contributed by atoms with Crippen molar-refractivity contribution in [2.24, 2.45) is 0 Å². The number of ether oxygens (including phenoxy) is 1. The number of anilines is 1. The van der Waals surface area contributed by atoms with Crippen molar-refractivity contribution < 1.29 is 9.53 Å². The van der Waals surface area contributed by atoms with Crippen molar-refractivity contribution in [3.05, 3.63) is 50.9 Å². The number of aromatic nitrogens is 2. The monoisotopic (exact) mass is 403 g/mol. The lowest BCUT2D eigenvalue weighted by Crippen LogP contribution is -2.23. The first-order valence-corrected chi connectivity index (χ1v) is 10.3. The summed E-state index contributed by atoms with van der Waals surface area (Å²) in [5.74, 6) is 1.68. The summed E-state index contributed by atoms with van der Waals surface area (Å²) in [7, 11) is 1.60. The van der Waals surface area contributed by atoms with E-state index in [9.17, 15) is 9.59 Å². The number of aryl methyl sites for hydroxylation is 2. The largest absolute Gasteiger partial charge is 0.497 e. The van der Waals surface area contributed by atoms with Crippen LogP contribution in [-0.4, -0.2) is 28.2 Å². The van der Waals surface area contributed by atoms with E-state index in [-0.39, 0.29) is 16.7 Å². The Balaban J connectivity index is 1.64. The Labute approximate surface area is 165 Å². The number of nitrogens with one attached hydrogen (secondary N) is 2. The summed E-state index contributed by atoms with van der Waals surface area (Å²) in [5.41, 5.74) is 1.58. The number of carbonyl (C=O) groups excluding carboxylic acids is 1. The average molecular weight is 404 g/mol. The van der Waals surface area contributed by atoms with Gasteiger partial charge >= 0.3 is 0 Å². The molecule has 0 bridgehead atoms. The Morgan fingerprint density at radius 1 is 1.33 bits per heavy atom. The summed E-state index contributed by atoms with van der Waals surface area (Å²) in [5, 5.41) is 3.25. The van der Waals surface area contributed by atoms with Crippen LogP contribution in [0.15, 0.2) is 29.1 Å². The fraction of sp³-hybridized carbons (Fsp3) is 0.316. The summed E-state index contributed by atoms with van der Waals surface area (Å²) in [6.07, 6.45) is 0. The first-order valence-electron chi connectivity index (χ1n) is 8.44. The minimum Gasteiger partial charge on any atom is -0.497 e. The number of methoxy groups -OCH3 is 1. The number of thiophene rings is 1. The summed E-state index contributed by atoms with van der Waals surface area (Å²) >= 11 is 2.95. The van der Waals surface area contributed by atoms with Crippen molar-refractivity contribution in [2.75, 3.05) is 12.4 Å². The van der Waals surface area contributed by atoms with Crippen LogP contribution in [0.1, 0.15) is 23.2 Å². The van der Waals surface area contributed by atoms with Gasteiger partial charge < -0.3 is 15.0 Å². The molecule has 2 aromatic heterocycles. The highest BCUT2D eigenvalue weighted by molar-refractivity contribution is 7.99. The molecule has 2 N–H and O–H groups in total. The zero-order chi connectivity index (χ0) is 19.6. The van der Waals surface area contributed by atoms with E-state index in [0.29, 0.717) is 22.7 Å². The van der Waals surface area contributed by atoms with Crippen LogP contribution in [0.5, 0.6) is 5.75 Å². The van der Waals surface area contributed by atoms with Gasteiger partial charge in [0.1, 0.15) is 16.4 Å². The molecule has 0 aliphatic heterocycles. The van der Waals surface area contributed by atoms with Gasteiger partial charge in [0.25, 0.3) is 5.56 Å². The number of H-pyrrole nitrogens is 1. The number of aromatic amines is 1. The number of hydrogen-bond acceptors (Lipinski definition) is 6. The number of rotatable bonds is 6. The fourth-order valence-electron chi connectivity index (χ4n) is 2.57. The van der Waals surface area contributed by atoms with Crippen LogP contribution in [0.25, 0.3) is 10.2 Å². The molecule has 27 heavy (non-hydrogen) atoms. The van der Waals surface area contributed by atoms with Crippen molar-refractivity contribution in [1.29, 1.82) is 0 Å². The van der Waals surface area contributed by atoms with E-state index < -0.39 is 0 Å². The molecule has 8 heteroatoms. The third-order valence-electron chi connectivity index (χ3n) is 4.28. The van der Waals surface area contributed by atoms with Gasteiger partial charge in [-0.2, -0.15) is 0 Å². The van der Waals surface area contributed by atoms with Crippen molar-refractivity contribution >= 4 is 44.9 Å². The summed E-state index contributed by atoms with van der Waals surface area (Å²) in [6, 6.07) is 7.18. The maximum atomic E-state index is 12.4. The van der Waals surface area contributed by atoms with Gasteiger partial charge in [-0.3, -0.25) is 9.59 Å². The first kappa shape index (κ1) is 19.4. The zero-order valence-corrected chi connectivity index (χ0v) is 17.2. The third-order valence-corrected chi connectivity index (χ3v) is 6.54. The predicted molar refractivity (Wildman–Crippen MR) is 112 cm³/mol. The standard InChI is InChI=1S/C19H21N3O3S2/c1-10-11(2)27-19-16(10)18(24)21-15(22-19)9-26-12(3)17(23)20-13-5-7-14(25-4)8-6-13/h5-8,12H,9H2,1-4H3,(H,20,23)(H,21,22,24). The summed E-state index contributed by atoms with van der Waals surface area (Å²) in [4.78, 5) is 33.9. The molecular formula is C19H21N3O3S2. The molecule has 6 nitrogen and oxygen atoms in total. The van der Waals surface area contributed by atoms with Gasteiger partial charge in [0.05, 0.1) is 23.5 Å². The molecule has 0 saturated carbocycles. The molecule has 1 amide bonds. The van der Waals surface area contributed by atoms with Crippen molar-refractivity contribution in [2.45, 2.75) is 31.8 Å². The number of hydrogen-bond donors (Lipinski definition) is 2. The molecule has 0 radical (unpaired) electrons. The number of nitrogens with zero attached hydrogens (tertiary/aromatic N) is 1. The Hall–Kier alpha value is -2.32. The fourth-order valence-corrected chi connectivity index (χ4v) is 4.37. The molecule has 0 saturated heterocycles. The van der Waals surface area contributed by atoms with Gasteiger partial charge in [0.2, 0.25) is 5.91 Å². The molecule has 3 rings (SSSR count). The van der Waals surface area contributed by atoms with Gasteiger partial charge in [-0.25, -0.2) is 4.98 Å². The second-order valence-electron chi connectivity index (χ2n) is 6.15. The second kappa shape index (κ2) is 8.14. The lowest BCUT2D eigenvalue weighted by molar-refractivity contribution is -0.115. The van der Waals surface area contributed by atoms with Crippen LogP contribution in [0.2, 0.25) is 0 Å². The van der Waals surface area contributed by atoms with Crippen molar-refractivity contribution in [3.63, 3.8) is 0 Å². The molecule has 0 aliphatic rings. The summed E-state index contributed by atoms with van der Waals surface area (Å²) < 4.78 is 5.11. The van der Waals surface area contributed by atoms with E-state index in [0.717, 1.165) is 21.0 Å². The van der Waals surface area contributed by atoms with Crippen LogP contribution in [0.4, 0.5) is 5.69 Å². The van der Waals surface area contributed by atoms with Gasteiger partial charge in [-0.1, -0.05) is 0 Å². The highest BCUT2D eigenvalue weighted by Gasteiger charge is 2.16. The molecule has 0 fully saturated rings. The van der Waals surface area contributed by atoms with Crippen LogP contribution in [0.3, 0.4) is 0 Å². The molecule has 1 unspecified atom stereocenters. The topological polar surface area (TPSA) is 84.1 Å². The van der Waals surface area contributed by atoms with Gasteiger partial charge in [-0.05, 0) is 50.6 Å². The minimum atomic E-state index is -0.292. The Bertz CT molecular complexity index is 1030. The second-order valence-corrected chi connectivity index (χ2v) is 8.68. The van der Waals surface area contributed by atoms with E-state index >= 15 is 0 Å². The highest BCUT2D eigenvalue weighted by atomic mass is 32.2. The zero-order valence-electron chi connectivity index (χ0n) is 15.6. The number of carbonyl (C=O) groups is 1. The minimum absolute atomic E-state index is 0.101. The Kier molecular flexibility index (Phi) is 5.86. The maximum absolute atomic E-state index is 12.4. The third kappa shape index (κ3) is 4.33. The van der Waals surface area contributed by atoms with Crippen LogP contribution < -0.4 is 15.6 Å². The Morgan fingerprint density at radius 3 is 2.70 bits per heavy atom. The van der Waals surface area contributed by atoms with Crippen molar-refractivity contribution in [3.8, 4) is 5.75 Å². The predicted octanol–water partition coefficient (Wildman–Crippen LogP) is 3.87. The summed E-state index contributed by atoms with van der Waals surface area (Å²) in [6.45, 7) is 5.76. The van der Waals surface area contributed by atoms with E-state index in [1.54, 1.807) is 31.4 Å². The molecule has 3 aromatic rings. The van der Waals surface area contributed by atoms with E-state index in [1.165, 1.54) is 23.1 Å². The highest BCUT2D eigenvalue weighted by Crippen LogP contribution is 2.26. The maximum Gasteiger partial charge on any atom is 0.259 e. The first-order chi connectivity index (χ1) is 12.9. The smallest absolute Gasteiger partial charge is 0.259 e. The van der Waals surface area contributed by atoms with Crippen LogP contribution in [0, 0.1) is 13.8 Å². The lowest BCUT2D eigenvalue weighted by Gasteiger charge is -2.12. The molecule has 142 valence electrons. The molecule has 0 aliphatic carbocycles. The SMILES string of the molecule is COc1ccc(NC(=O)C(C)SCc2nc3sc(C)c(C)c3c(=O)[nH]2)cc1. The quantitative estimate of drug-likeness (QED) is 0.653. The van der Waals surface area contributed by atoms with Crippen LogP contribution >= 0.6 is 23.1 Å². The lowest BCUT2D eigenvalue weighted by atomic mass is 10.2. The molecule has 1 aromatic carbocycles. The molecule has 0 spiro atoms. The molecule has 2 heterocycles. The number of amides is 1. The molecule has 1 atom stereocenters. The van der Waals surface area contributed by atoms with E-state index in [4.69, 9.17) is 4.74 Å². The van der Waals surface area contributed by atoms with Gasteiger partial charge in [-0.15, -0.1) is 23.1 Å². The van der Waals surface area contributed by atoms with Gasteiger partial charge in [0, 0.05) is 10.6 Å². The normalized spacial score (nSPS) is 12.1. The Morgan fingerprint density at radius 2 is 2.04 bits per heavy atom. The van der Waals surface area contributed by atoms with Crippen molar-refractivity contribution in [1.82, 2.24) is 9.97 Å². The van der Waals surface area contributed by atoms with Gasteiger partial charge in [0.15, 0.2) is 0 Å². The van der Waals surface area contributed by atoms with E-state index in [1.807, 2.05) is 20.8 Å². The number of fused-ring (bicyclic) bond motifs is 1. The average Bonchev–Trinajstić information content (AvgIpc) is 2.94.